The molecule has 4 nitrogen and oxygen atoms in total. The Morgan fingerprint density at radius 2 is 2.13 bits per heavy atom. The third-order valence-corrected chi connectivity index (χ3v) is 2.16. The normalized spacial score (nSPS) is 10.5. The smallest absolute Gasteiger partial charge is 0.355 e. The number of aromatic nitrogens is 1. The van der Waals surface area contributed by atoms with E-state index in [4.69, 9.17) is 10.5 Å². The van der Waals surface area contributed by atoms with E-state index in [0.29, 0.717) is 18.0 Å². The summed E-state index contributed by atoms with van der Waals surface area (Å²) in [6.45, 7) is 2.15. The van der Waals surface area contributed by atoms with Crippen LogP contribution in [-0.4, -0.2) is 17.0 Å². The first-order valence-corrected chi connectivity index (χ1v) is 4.76. The molecule has 0 spiro atoms. The van der Waals surface area contributed by atoms with E-state index in [9.17, 15) is 4.79 Å². The summed E-state index contributed by atoms with van der Waals surface area (Å²) in [7, 11) is 0. The molecule has 0 fully saturated rings. The lowest BCUT2D eigenvalue weighted by atomic mass is 10.4. The van der Waals surface area contributed by atoms with Gasteiger partial charge in [-0.15, -0.1) is 0 Å². The lowest BCUT2D eigenvalue weighted by Gasteiger charge is -2.03. The summed E-state index contributed by atoms with van der Waals surface area (Å²) in [6.07, 6.45) is 1.71. The van der Waals surface area contributed by atoms with Gasteiger partial charge in [0.15, 0.2) is 0 Å². The number of hydrogen-bond donors (Lipinski definition) is 1. The van der Waals surface area contributed by atoms with Crippen LogP contribution >= 0.6 is 0 Å². The van der Waals surface area contributed by atoms with Gasteiger partial charge in [0.1, 0.15) is 5.69 Å². The molecule has 2 aromatic heterocycles. The van der Waals surface area contributed by atoms with Gasteiger partial charge in [0, 0.05) is 17.4 Å². The molecular formula is C11H12N2O2. The Morgan fingerprint density at radius 1 is 1.40 bits per heavy atom. The monoisotopic (exact) mass is 204 g/mol. The van der Waals surface area contributed by atoms with Crippen molar-refractivity contribution in [2.45, 2.75) is 6.92 Å². The van der Waals surface area contributed by atoms with Crippen LogP contribution in [0, 0.1) is 0 Å². The van der Waals surface area contributed by atoms with Gasteiger partial charge < -0.3 is 14.9 Å². The second-order valence-electron chi connectivity index (χ2n) is 3.20. The maximum absolute atomic E-state index is 11.5. The number of nitrogen functional groups attached to an aromatic ring is 1. The minimum Gasteiger partial charge on any atom is -0.461 e. The lowest BCUT2D eigenvalue weighted by Crippen LogP contribution is -2.08. The van der Waals surface area contributed by atoms with E-state index in [1.807, 2.05) is 12.1 Å². The number of nitrogens with zero attached hydrogens (tertiary/aromatic N) is 1. The standard InChI is InChI=1S/C11H12N2O2/c1-2-15-11(14)10-6-5-9-4-3-8(12)7-13(9)10/h3-7H,2,12H2,1H3. The highest BCUT2D eigenvalue weighted by Gasteiger charge is 2.11. The highest BCUT2D eigenvalue weighted by atomic mass is 16.5. The van der Waals surface area contributed by atoms with Crippen molar-refractivity contribution in [3.63, 3.8) is 0 Å². The molecule has 0 radical (unpaired) electrons. The van der Waals surface area contributed by atoms with Crippen molar-refractivity contribution in [2.24, 2.45) is 0 Å². The summed E-state index contributed by atoms with van der Waals surface area (Å²) in [4.78, 5) is 11.5. The van der Waals surface area contributed by atoms with Gasteiger partial charge in [-0.2, -0.15) is 0 Å². The molecule has 15 heavy (non-hydrogen) atoms. The number of pyridine rings is 1. The van der Waals surface area contributed by atoms with E-state index >= 15 is 0 Å². The summed E-state index contributed by atoms with van der Waals surface area (Å²) in [6, 6.07) is 7.24. The Labute approximate surface area is 87.3 Å². The van der Waals surface area contributed by atoms with Gasteiger partial charge >= 0.3 is 5.97 Å². The van der Waals surface area contributed by atoms with Gasteiger partial charge in [-0.1, -0.05) is 0 Å². The van der Waals surface area contributed by atoms with Crippen molar-refractivity contribution >= 4 is 17.2 Å². The van der Waals surface area contributed by atoms with Crippen molar-refractivity contribution in [3.8, 4) is 0 Å². The van der Waals surface area contributed by atoms with E-state index in [2.05, 4.69) is 0 Å². The van der Waals surface area contributed by atoms with Crippen molar-refractivity contribution in [3.05, 3.63) is 36.2 Å². The van der Waals surface area contributed by atoms with Gasteiger partial charge in [-0.3, -0.25) is 0 Å². The fraction of sp³-hybridized carbons (Fsp3) is 0.182. The maximum Gasteiger partial charge on any atom is 0.355 e. The molecule has 0 aliphatic carbocycles. The minimum absolute atomic E-state index is 0.330. The van der Waals surface area contributed by atoms with E-state index in [0.717, 1.165) is 5.52 Å². The predicted molar refractivity (Wildman–Crippen MR) is 57.8 cm³/mol. The van der Waals surface area contributed by atoms with Crippen molar-refractivity contribution in [2.75, 3.05) is 12.3 Å². The van der Waals surface area contributed by atoms with E-state index in [1.165, 1.54) is 0 Å². The van der Waals surface area contributed by atoms with E-state index < -0.39 is 0 Å². The SMILES string of the molecule is CCOC(=O)c1ccc2ccc(N)cn12. The number of ether oxygens (including phenoxy) is 1. The molecule has 0 amide bonds. The Kier molecular flexibility index (Phi) is 2.33. The number of fused-ring (bicyclic) bond motifs is 1. The molecule has 2 rings (SSSR count). The van der Waals surface area contributed by atoms with E-state index in [-0.39, 0.29) is 5.97 Å². The predicted octanol–water partition coefficient (Wildman–Crippen LogP) is 1.70. The fourth-order valence-corrected chi connectivity index (χ4v) is 1.49. The minimum atomic E-state index is -0.330. The third-order valence-electron chi connectivity index (χ3n) is 2.16. The summed E-state index contributed by atoms with van der Waals surface area (Å²) < 4.78 is 6.66. The molecule has 2 aromatic rings. The summed E-state index contributed by atoms with van der Waals surface area (Å²) in [5.74, 6) is -0.330. The number of nitrogens with two attached hydrogens (primary N) is 1. The van der Waals surface area contributed by atoms with Crippen LogP contribution in [0.3, 0.4) is 0 Å². The number of hydrogen-bond acceptors (Lipinski definition) is 3. The molecule has 0 saturated heterocycles. The average molecular weight is 204 g/mol. The average Bonchev–Trinajstić information content (AvgIpc) is 2.60. The van der Waals surface area contributed by atoms with Crippen LogP contribution in [-0.2, 0) is 4.74 Å². The maximum atomic E-state index is 11.5. The second kappa shape index (κ2) is 3.65. The van der Waals surface area contributed by atoms with Crippen LogP contribution < -0.4 is 5.73 Å². The third kappa shape index (κ3) is 1.66. The number of anilines is 1. The molecule has 0 aromatic carbocycles. The zero-order valence-corrected chi connectivity index (χ0v) is 8.43. The number of rotatable bonds is 2. The van der Waals surface area contributed by atoms with Crippen molar-refractivity contribution < 1.29 is 9.53 Å². The number of carbonyl (C=O) groups is 1. The molecule has 4 heteroatoms. The molecular weight excluding hydrogens is 192 g/mol. The Morgan fingerprint density at radius 3 is 2.87 bits per heavy atom. The quantitative estimate of drug-likeness (QED) is 0.757. The number of esters is 1. The summed E-state index contributed by atoms with van der Waals surface area (Å²) in [5, 5.41) is 0. The summed E-state index contributed by atoms with van der Waals surface area (Å²) in [5.41, 5.74) is 7.69. The van der Waals surface area contributed by atoms with Gasteiger partial charge in [0.25, 0.3) is 0 Å². The Bertz CT molecular complexity index is 502. The molecule has 0 aliphatic heterocycles. The van der Waals surface area contributed by atoms with Crippen LogP contribution in [0.1, 0.15) is 17.4 Å². The summed E-state index contributed by atoms with van der Waals surface area (Å²) >= 11 is 0. The van der Waals surface area contributed by atoms with Crippen LogP contribution in [0.4, 0.5) is 5.69 Å². The second-order valence-corrected chi connectivity index (χ2v) is 3.20. The topological polar surface area (TPSA) is 56.7 Å². The molecule has 0 bridgehead atoms. The largest absolute Gasteiger partial charge is 0.461 e. The van der Waals surface area contributed by atoms with E-state index in [1.54, 1.807) is 29.7 Å². The highest BCUT2D eigenvalue weighted by molar-refractivity contribution is 5.89. The zero-order valence-electron chi connectivity index (χ0n) is 8.43. The molecule has 0 unspecified atom stereocenters. The highest BCUT2D eigenvalue weighted by Crippen LogP contribution is 2.13. The van der Waals surface area contributed by atoms with Gasteiger partial charge in [0.05, 0.1) is 6.61 Å². The Hall–Kier alpha value is -1.97. The van der Waals surface area contributed by atoms with Crippen LogP contribution in [0.15, 0.2) is 30.5 Å². The molecule has 0 saturated carbocycles. The lowest BCUT2D eigenvalue weighted by molar-refractivity contribution is 0.0518. The number of carbonyl (C=O) groups excluding carboxylic acids is 1. The van der Waals surface area contributed by atoms with Crippen LogP contribution in [0.2, 0.25) is 0 Å². The first-order valence-electron chi connectivity index (χ1n) is 4.76. The molecule has 0 atom stereocenters. The first kappa shape index (κ1) is 9.58. The Balaban J connectivity index is 2.52. The molecule has 2 N–H and O–H groups in total. The van der Waals surface area contributed by atoms with Gasteiger partial charge in [-0.25, -0.2) is 4.79 Å². The fourth-order valence-electron chi connectivity index (χ4n) is 1.49. The van der Waals surface area contributed by atoms with Crippen LogP contribution in [0.25, 0.3) is 5.52 Å². The van der Waals surface area contributed by atoms with Crippen molar-refractivity contribution in [1.82, 2.24) is 4.40 Å². The first-order chi connectivity index (χ1) is 7.22. The molecule has 78 valence electrons. The zero-order chi connectivity index (χ0) is 10.8. The van der Waals surface area contributed by atoms with Gasteiger partial charge in [-0.05, 0) is 31.2 Å². The van der Waals surface area contributed by atoms with Gasteiger partial charge in [0.2, 0.25) is 0 Å². The molecule has 2 heterocycles. The van der Waals surface area contributed by atoms with Crippen molar-refractivity contribution in [1.29, 1.82) is 0 Å². The van der Waals surface area contributed by atoms with Crippen LogP contribution in [0.5, 0.6) is 0 Å². The molecule has 0 aliphatic rings.